The summed E-state index contributed by atoms with van der Waals surface area (Å²) in [6.45, 7) is 1.04. The maximum Gasteiger partial charge on any atom is 0.283 e. The summed E-state index contributed by atoms with van der Waals surface area (Å²) in [6, 6.07) is 9.03. The van der Waals surface area contributed by atoms with Gasteiger partial charge in [0.15, 0.2) is 5.78 Å². The lowest BCUT2D eigenvalue weighted by molar-refractivity contribution is 0.102. The molecule has 14 heavy (non-hydrogen) atoms. The second kappa shape index (κ2) is 3.96. The Morgan fingerprint density at radius 3 is 2.43 bits per heavy atom. The SMILES string of the molecule is O=C(C=C1OCCO1)c1ccccc1. The molecule has 1 aliphatic heterocycles. The molecule has 2 rings (SSSR count). The molecular formula is C11H10O3. The first kappa shape index (κ1) is 8.81. The highest BCUT2D eigenvalue weighted by Gasteiger charge is 2.11. The molecule has 0 bridgehead atoms. The molecule has 1 aromatic rings. The van der Waals surface area contributed by atoms with Gasteiger partial charge in [-0.1, -0.05) is 30.3 Å². The van der Waals surface area contributed by atoms with Gasteiger partial charge in [-0.25, -0.2) is 0 Å². The zero-order valence-corrected chi connectivity index (χ0v) is 7.60. The number of carbonyl (C=O) groups excluding carboxylic acids is 1. The van der Waals surface area contributed by atoms with Crippen LogP contribution in [0.2, 0.25) is 0 Å². The minimum Gasteiger partial charge on any atom is -0.462 e. The number of carbonyl (C=O) groups is 1. The van der Waals surface area contributed by atoms with Gasteiger partial charge in [-0.05, 0) is 0 Å². The van der Waals surface area contributed by atoms with E-state index in [2.05, 4.69) is 0 Å². The van der Waals surface area contributed by atoms with E-state index in [0.29, 0.717) is 24.7 Å². The summed E-state index contributed by atoms with van der Waals surface area (Å²) >= 11 is 0. The lowest BCUT2D eigenvalue weighted by atomic mass is 10.1. The van der Waals surface area contributed by atoms with E-state index in [4.69, 9.17) is 9.47 Å². The Morgan fingerprint density at radius 1 is 1.14 bits per heavy atom. The predicted octanol–water partition coefficient (Wildman–Crippen LogP) is 1.76. The molecule has 0 saturated carbocycles. The van der Waals surface area contributed by atoms with Crippen LogP contribution in [-0.2, 0) is 9.47 Å². The third-order valence-electron chi connectivity index (χ3n) is 1.88. The first-order chi connectivity index (χ1) is 6.86. The standard InChI is InChI=1S/C11H10O3/c12-10(8-11-13-6-7-14-11)9-4-2-1-3-5-9/h1-5,8H,6-7H2. The van der Waals surface area contributed by atoms with Crippen molar-refractivity contribution in [1.82, 2.24) is 0 Å². The van der Waals surface area contributed by atoms with E-state index in [1.54, 1.807) is 12.1 Å². The smallest absolute Gasteiger partial charge is 0.283 e. The number of ether oxygens (including phenoxy) is 2. The van der Waals surface area contributed by atoms with E-state index < -0.39 is 0 Å². The van der Waals surface area contributed by atoms with Crippen LogP contribution in [-0.4, -0.2) is 19.0 Å². The summed E-state index contributed by atoms with van der Waals surface area (Å²) in [5.74, 6) is 0.223. The van der Waals surface area contributed by atoms with Crippen molar-refractivity contribution in [2.24, 2.45) is 0 Å². The summed E-state index contributed by atoms with van der Waals surface area (Å²) < 4.78 is 10.1. The van der Waals surface area contributed by atoms with Gasteiger partial charge in [0.05, 0.1) is 6.08 Å². The highest BCUT2D eigenvalue weighted by Crippen LogP contribution is 2.10. The average molecular weight is 190 g/mol. The van der Waals surface area contributed by atoms with Gasteiger partial charge in [0.1, 0.15) is 13.2 Å². The molecule has 1 heterocycles. The van der Waals surface area contributed by atoms with Gasteiger partial charge in [0.25, 0.3) is 5.95 Å². The Hall–Kier alpha value is -1.77. The zero-order valence-electron chi connectivity index (χ0n) is 7.60. The summed E-state index contributed by atoms with van der Waals surface area (Å²) in [6.07, 6.45) is 1.38. The van der Waals surface area contributed by atoms with Crippen LogP contribution in [0.25, 0.3) is 0 Å². The Balaban J connectivity index is 2.13. The molecule has 0 aromatic heterocycles. The number of hydrogen-bond donors (Lipinski definition) is 0. The van der Waals surface area contributed by atoms with Crippen molar-refractivity contribution in [2.45, 2.75) is 0 Å². The molecule has 0 aliphatic carbocycles. The number of ketones is 1. The van der Waals surface area contributed by atoms with Gasteiger partial charge >= 0.3 is 0 Å². The van der Waals surface area contributed by atoms with Crippen LogP contribution in [0.15, 0.2) is 42.4 Å². The van der Waals surface area contributed by atoms with Crippen LogP contribution in [0.4, 0.5) is 0 Å². The monoisotopic (exact) mass is 190 g/mol. The highest BCUT2D eigenvalue weighted by molar-refractivity contribution is 6.04. The van der Waals surface area contributed by atoms with E-state index in [1.165, 1.54) is 6.08 Å². The fourth-order valence-electron chi connectivity index (χ4n) is 1.20. The van der Waals surface area contributed by atoms with Gasteiger partial charge in [-0.2, -0.15) is 0 Å². The predicted molar refractivity (Wildman–Crippen MR) is 50.8 cm³/mol. The van der Waals surface area contributed by atoms with Crippen LogP contribution in [0.3, 0.4) is 0 Å². The van der Waals surface area contributed by atoms with Crippen LogP contribution in [0, 0.1) is 0 Å². The largest absolute Gasteiger partial charge is 0.462 e. The van der Waals surface area contributed by atoms with Crippen LogP contribution in [0.1, 0.15) is 10.4 Å². The molecule has 1 aromatic carbocycles. The lowest BCUT2D eigenvalue weighted by Crippen LogP contribution is -1.96. The molecule has 72 valence electrons. The minimum atomic E-state index is -0.0949. The second-order valence-electron chi connectivity index (χ2n) is 2.89. The van der Waals surface area contributed by atoms with Gasteiger partial charge in [-0.3, -0.25) is 4.79 Å². The van der Waals surface area contributed by atoms with Crippen molar-refractivity contribution in [1.29, 1.82) is 0 Å². The quantitative estimate of drug-likeness (QED) is 0.526. The first-order valence-electron chi connectivity index (χ1n) is 4.43. The normalized spacial score (nSPS) is 14.4. The summed E-state index contributed by atoms with van der Waals surface area (Å²) in [5, 5.41) is 0. The third-order valence-corrected chi connectivity index (χ3v) is 1.88. The van der Waals surface area contributed by atoms with Crippen molar-refractivity contribution in [3.8, 4) is 0 Å². The molecule has 1 saturated heterocycles. The molecule has 0 N–H and O–H groups in total. The summed E-state index contributed by atoms with van der Waals surface area (Å²) in [7, 11) is 0. The lowest BCUT2D eigenvalue weighted by Gasteiger charge is -1.97. The fourth-order valence-corrected chi connectivity index (χ4v) is 1.20. The van der Waals surface area contributed by atoms with Crippen LogP contribution < -0.4 is 0 Å². The molecule has 0 radical (unpaired) electrons. The third kappa shape index (κ3) is 1.93. The fraction of sp³-hybridized carbons (Fsp3) is 0.182. The molecule has 0 atom stereocenters. The van der Waals surface area contributed by atoms with E-state index in [9.17, 15) is 4.79 Å². The van der Waals surface area contributed by atoms with Crippen molar-refractivity contribution in [2.75, 3.05) is 13.2 Å². The molecular weight excluding hydrogens is 180 g/mol. The summed E-state index contributed by atoms with van der Waals surface area (Å²) in [4.78, 5) is 11.6. The number of rotatable bonds is 2. The topological polar surface area (TPSA) is 35.5 Å². The summed E-state index contributed by atoms with van der Waals surface area (Å²) in [5.41, 5.74) is 0.638. The molecule has 0 spiro atoms. The van der Waals surface area contributed by atoms with Crippen LogP contribution >= 0.6 is 0 Å². The van der Waals surface area contributed by atoms with E-state index >= 15 is 0 Å². The Bertz CT molecular complexity index is 346. The van der Waals surface area contributed by atoms with Gasteiger partial charge < -0.3 is 9.47 Å². The number of allylic oxidation sites excluding steroid dienone is 1. The zero-order chi connectivity index (χ0) is 9.80. The maximum absolute atomic E-state index is 11.6. The highest BCUT2D eigenvalue weighted by atomic mass is 16.7. The average Bonchev–Trinajstić information content (AvgIpc) is 2.72. The maximum atomic E-state index is 11.6. The van der Waals surface area contributed by atoms with E-state index in [-0.39, 0.29) is 5.78 Å². The van der Waals surface area contributed by atoms with Gasteiger partial charge in [0, 0.05) is 5.56 Å². The molecule has 3 heteroatoms. The minimum absolute atomic E-state index is 0.0949. The molecule has 0 amide bonds. The Labute approximate surface area is 81.9 Å². The van der Waals surface area contributed by atoms with Crippen molar-refractivity contribution < 1.29 is 14.3 Å². The molecule has 3 nitrogen and oxygen atoms in total. The Kier molecular flexibility index (Phi) is 2.49. The molecule has 1 fully saturated rings. The second-order valence-corrected chi connectivity index (χ2v) is 2.89. The van der Waals surface area contributed by atoms with Crippen LogP contribution in [0.5, 0.6) is 0 Å². The van der Waals surface area contributed by atoms with Gasteiger partial charge in [0.2, 0.25) is 0 Å². The first-order valence-corrected chi connectivity index (χ1v) is 4.43. The van der Waals surface area contributed by atoms with Gasteiger partial charge in [-0.15, -0.1) is 0 Å². The molecule has 0 unspecified atom stereocenters. The number of hydrogen-bond acceptors (Lipinski definition) is 3. The molecule has 1 aliphatic rings. The van der Waals surface area contributed by atoms with E-state index in [0.717, 1.165) is 0 Å². The van der Waals surface area contributed by atoms with Crippen molar-refractivity contribution in [3.05, 3.63) is 47.9 Å². The van der Waals surface area contributed by atoms with E-state index in [1.807, 2.05) is 18.2 Å². The Morgan fingerprint density at radius 2 is 1.79 bits per heavy atom. The van der Waals surface area contributed by atoms with Crippen molar-refractivity contribution in [3.63, 3.8) is 0 Å². The number of benzene rings is 1. The van der Waals surface area contributed by atoms with Crippen molar-refractivity contribution >= 4 is 5.78 Å².